The van der Waals surface area contributed by atoms with Crippen molar-refractivity contribution in [2.24, 2.45) is 34.0 Å². The molecule has 4 atom stereocenters. The third-order valence-corrected chi connectivity index (χ3v) is 8.90. The van der Waals surface area contributed by atoms with E-state index in [0.717, 1.165) is 0 Å². The second kappa shape index (κ2) is 15.9. The van der Waals surface area contributed by atoms with Crippen molar-refractivity contribution < 1.29 is 54.5 Å². The standard InChI is InChI=1S/C36H64F7NO5/c1-17-44-33(16,21-24(29(6,7)8)27(46)49-32(14,15)18-19-48-30(9,10)11)25(20-28(3,4)5)26(45)47-22-31(12,13)36(42,43)34(37,38)23(2)35(39,40)41/h23-25,44H,17-22H2,1-16H3. The van der Waals surface area contributed by atoms with Gasteiger partial charge < -0.3 is 19.5 Å². The van der Waals surface area contributed by atoms with Crippen molar-refractivity contribution in [1.29, 1.82) is 0 Å². The number of carbonyl (C=O) groups is 2. The van der Waals surface area contributed by atoms with Gasteiger partial charge in [-0.2, -0.15) is 30.7 Å². The molecule has 0 aromatic heterocycles. The van der Waals surface area contributed by atoms with Crippen LogP contribution in [0.2, 0.25) is 0 Å². The molecular formula is C36H64F7NO5. The Bertz CT molecular complexity index is 1090. The maximum Gasteiger partial charge on any atom is 0.397 e. The van der Waals surface area contributed by atoms with E-state index in [-0.39, 0.29) is 25.4 Å². The summed E-state index contributed by atoms with van der Waals surface area (Å²) < 4.78 is 116. The molecule has 0 radical (unpaired) electrons. The van der Waals surface area contributed by atoms with Crippen molar-refractivity contribution in [3.05, 3.63) is 0 Å². The quantitative estimate of drug-likeness (QED) is 0.119. The van der Waals surface area contributed by atoms with Crippen LogP contribution in [0.25, 0.3) is 0 Å². The number of hydrogen-bond donors (Lipinski definition) is 1. The van der Waals surface area contributed by atoms with E-state index >= 15 is 8.78 Å². The molecule has 0 aliphatic heterocycles. The molecule has 0 amide bonds. The number of halogens is 7. The van der Waals surface area contributed by atoms with E-state index in [1.54, 1.807) is 27.7 Å². The van der Waals surface area contributed by atoms with Crippen molar-refractivity contribution >= 4 is 11.9 Å². The van der Waals surface area contributed by atoms with Crippen LogP contribution in [-0.2, 0) is 23.8 Å². The fourth-order valence-electron chi connectivity index (χ4n) is 5.46. The lowest BCUT2D eigenvalue weighted by Gasteiger charge is -2.45. The fourth-order valence-corrected chi connectivity index (χ4v) is 5.46. The molecule has 292 valence electrons. The maximum atomic E-state index is 15.2. The lowest BCUT2D eigenvalue weighted by Crippen LogP contribution is -2.59. The molecule has 0 heterocycles. The van der Waals surface area contributed by atoms with Gasteiger partial charge in [0.15, 0.2) is 0 Å². The molecule has 6 nitrogen and oxygen atoms in total. The van der Waals surface area contributed by atoms with E-state index in [9.17, 15) is 31.5 Å². The lowest BCUT2D eigenvalue weighted by molar-refractivity contribution is -0.330. The molecule has 0 aliphatic rings. The molecule has 0 spiro atoms. The zero-order valence-corrected chi connectivity index (χ0v) is 32.7. The highest BCUT2D eigenvalue weighted by molar-refractivity contribution is 5.76. The maximum absolute atomic E-state index is 15.2. The second-order valence-electron chi connectivity index (χ2n) is 18.2. The molecule has 0 bridgehead atoms. The van der Waals surface area contributed by atoms with E-state index in [1.807, 2.05) is 62.3 Å². The van der Waals surface area contributed by atoms with E-state index in [0.29, 0.717) is 33.4 Å². The van der Waals surface area contributed by atoms with Gasteiger partial charge in [-0.05, 0) is 78.7 Å². The highest BCUT2D eigenvalue weighted by atomic mass is 19.4. The summed E-state index contributed by atoms with van der Waals surface area (Å²) in [6.07, 6.45) is -4.99. The number of esters is 2. The fraction of sp³-hybridized carbons (Fsp3) is 0.944. The first-order chi connectivity index (χ1) is 21.4. The van der Waals surface area contributed by atoms with Crippen LogP contribution in [0.1, 0.15) is 130 Å². The molecule has 49 heavy (non-hydrogen) atoms. The Morgan fingerprint density at radius 1 is 0.714 bits per heavy atom. The Morgan fingerprint density at radius 3 is 1.59 bits per heavy atom. The number of rotatable bonds is 17. The Kier molecular flexibility index (Phi) is 15.4. The summed E-state index contributed by atoms with van der Waals surface area (Å²) >= 11 is 0. The number of ether oxygens (including phenoxy) is 3. The van der Waals surface area contributed by atoms with Crippen molar-refractivity contribution in [3.8, 4) is 0 Å². The Hall–Kier alpha value is -1.63. The molecule has 0 fully saturated rings. The first kappa shape index (κ1) is 47.4. The third kappa shape index (κ3) is 13.8. The van der Waals surface area contributed by atoms with Gasteiger partial charge in [-0.15, -0.1) is 0 Å². The van der Waals surface area contributed by atoms with Crippen LogP contribution in [0, 0.1) is 34.0 Å². The summed E-state index contributed by atoms with van der Waals surface area (Å²) in [5.74, 6) is -17.7. The Balaban J connectivity index is 6.59. The van der Waals surface area contributed by atoms with Crippen molar-refractivity contribution in [3.63, 3.8) is 0 Å². The van der Waals surface area contributed by atoms with Gasteiger partial charge in [-0.3, -0.25) is 9.59 Å². The van der Waals surface area contributed by atoms with Gasteiger partial charge in [0, 0.05) is 12.0 Å². The van der Waals surface area contributed by atoms with Crippen LogP contribution in [0.5, 0.6) is 0 Å². The zero-order valence-electron chi connectivity index (χ0n) is 32.7. The average Bonchev–Trinajstić information content (AvgIpc) is 2.85. The minimum absolute atomic E-state index is 0.00529. The van der Waals surface area contributed by atoms with Gasteiger partial charge >= 0.3 is 30.0 Å². The highest BCUT2D eigenvalue weighted by Gasteiger charge is 2.71. The molecule has 4 unspecified atom stereocenters. The molecule has 0 aromatic carbocycles. The van der Waals surface area contributed by atoms with Gasteiger partial charge in [-0.25, -0.2) is 0 Å². The average molecular weight is 724 g/mol. The molecule has 0 saturated heterocycles. The van der Waals surface area contributed by atoms with Crippen LogP contribution in [0.15, 0.2) is 0 Å². The van der Waals surface area contributed by atoms with Gasteiger partial charge in [0.1, 0.15) is 18.1 Å². The number of hydrogen-bond acceptors (Lipinski definition) is 6. The largest absolute Gasteiger partial charge is 0.465 e. The van der Waals surface area contributed by atoms with Gasteiger partial charge in [0.05, 0.1) is 29.5 Å². The number of nitrogens with one attached hydrogen (secondary N) is 1. The summed E-state index contributed by atoms with van der Waals surface area (Å²) in [5, 5.41) is 3.30. The second-order valence-corrected chi connectivity index (χ2v) is 18.2. The van der Waals surface area contributed by atoms with Gasteiger partial charge in [0.25, 0.3) is 0 Å². The summed E-state index contributed by atoms with van der Waals surface area (Å²) in [7, 11) is 0. The minimum Gasteiger partial charge on any atom is -0.465 e. The number of carbonyl (C=O) groups excluding carboxylic acids is 2. The molecule has 1 N–H and O–H groups in total. The van der Waals surface area contributed by atoms with E-state index in [2.05, 4.69) is 5.32 Å². The molecule has 0 aromatic rings. The summed E-state index contributed by atoms with van der Waals surface area (Å²) in [4.78, 5) is 27.8. The summed E-state index contributed by atoms with van der Waals surface area (Å²) in [6, 6.07) is 0. The molecule has 0 aliphatic carbocycles. The topological polar surface area (TPSA) is 73.9 Å². The monoisotopic (exact) mass is 723 g/mol. The van der Waals surface area contributed by atoms with Crippen LogP contribution in [0.3, 0.4) is 0 Å². The van der Waals surface area contributed by atoms with Gasteiger partial charge in [0.2, 0.25) is 0 Å². The Morgan fingerprint density at radius 2 is 1.20 bits per heavy atom. The molecule has 13 heteroatoms. The van der Waals surface area contributed by atoms with Crippen molar-refractivity contribution in [2.45, 2.75) is 165 Å². The predicted molar refractivity (Wildman–Crippen MR) is 178 cm³/mol. The van der Waals surface area contributed by atoms with Gasteiger partial charge in [-0.1, -0.05) is 62.3 Å². The van der Waals surface area contributed by atoms with Crippen molar-refractivity contribution in [2.75, 3.05) is 19.8 Å². The smallest absolute Gasteiger partial charge is 0.397 e. The first-order valence-electron chi connectivity index (χ1n) is 17.0. The summed E-state index contributed by atoms with van der Waals surface area (Å²) in [5.41, 5.74) is -6.57. The first-order valence-corrected chi connectivity index (χ1v) is 17.0. The van der Waals surface area contributed by atoms with E-state index in [1.165, 1.54) is 0 Å². The third-order valence-electron chi connectivity index (χ3n) is 8.90. The van der Waals surface area contributed by atoms with Crippen molar-refractivity contribution in [1.82, 2.24) is 5.32 Å². The summed E-state index contributed by atoms with van der Waals surface area (Å²) in [6.45, 7) is 24.5. The van der Waals surface area contributed by atoms with Crippen LogP contribution in [0.4, 0.5) is 30.7 Å². The zero-order chi connectivity index (χ0) is 39.5. The highest BCUT2D eigenvalue weighted by Crippen LogP contribution is 2.54. The van der Waals surface area contributed by atoms with E-state index < -0.39 is 81.7 Å². The minimum atomic E-state index is -5.59. The predicted octanol–water partition coefficient (Wildman–Crippen LogP) is 10.0. The molecule has 0 saturated carbocycles. The van der Waals surface area contributed by atoms with Crippen LogP contribution < -0.4 is 5.32 Å². The SMILES string of the molecule is CCNC(C)(CC(C(=O)OC(C)(C)CCOC(C)(C)C)C(C)(C)C)C(CC(C)(C)C)C(=O)OCC(C)(C)C(F)(F)C(F)(F)C(C)C(F)(F)F. The Labute approximate surface area is 290 Å². The lowest BCUT2D eigenvalue weighted by atomic mass is 9.67. The molecule has 0 rings (SSSR count). The normalized spacial score (nSPS) is 17.6. The van der Waals surface area contributed by atoms with E-state index in [4.69, 9.17) is 14.2 Å². The number of alkyl halides is 7. The molecular weight excluding hydrogens is 659 g/mol. The van der Waals surface area contributed by atoms with Crippen LogP contribution in [-0.4, -0.2) is 66.5 Å². The van der Waals surface area contributed by atoms with Crippen LogP contribution >= 0.6 is 0 Å².